The number of hydrogen-bond donors (Lipinski definition) is 2. The van der Waals surface area contributed by atoms with Crippen LogP contribution >= 0.6 is 35.2 Å². The molecule has 0 unspecified atom stereocenters. The Labute approximate surface area is 245 Å². The maximum absolute atomic E-state index is 6.18. The first kappa shape index (κ1) is 27.9. The minimum Gasteiger partial charge on any atom is -0.494 e. The molecule has 0 aliphatic carbocycles. The van der Waals surface area contributed by atoms with Gasteiger partial charge in [0.2, 0.25) is 0 Å². The lowest BCUT2D eigenvalue weighted by molar-refractivity contribution is 0.243. The van der Waals surface area contributed by atoms with Gasteiger partial charge >= 0.3 is 0 Å². The Morgan fingerprint density at radius 1 is 0.897 bits per heavy atom. The van der Waals surface area contributed by atoms with E-state index >= 15 is 0 Å². The van der Waals surface area contributed by atoms with E-state index in [0.29, 0.717) is 6.61 Å². The van der Waals surface area contributed by atoms with Crippen LogP contribution in [-0.4, -0.2) is 17.3 Å². The van der Waals surface area contributed by atoms with Crippen molar-refractivity contribution < 1.29 is 4.74 Å². The molecule has 4 bridgehead atoms. The Morgan fingerprint density at radius 3 is 2.67 bits per heavy atom. The predicted molar refractivity (Wildman–Crippen MR) is 172 cm³/mol. The fourth-order valence-electron chi connectivity index (χ4n) is 4.44. The first-order chi connectivity index (χ1) is 18.9. The Bertz CT molecular complexity index is 1380. The van der Waals surface area contributed by atoms with Crippen LogP contribution in [0.3, 0.4) is 0 Å². The third kappa shape index (κ3) is 7.96. The monoisotopic (exact) mass is 575 g/mol. The molecule has 0 atom stereocenters. The maximum atomic E-state index is 6.18. The van der Waals surface area contributed by atoms with Crippen LogP contribution in [0.5, 0.6) is 5.75 Å². The van der Waals surface area contributed by atoms with Gasteiger partial charge in [-0.15, -0.1) is 0 Å². The quantitative estimate of drug-likeness (QED) is 0.236. The fourth-order valence-corrected chi connectivity index (χ4v) is 6.89. The van der Waals surface area contributed by atoms with Gasteiger partial charge in [0.25, 0.3) is 0 Å². The van der Waals surface area contributed by atoms with Gasteiger partial charge in [0.05, 0.1) is 17.2 Å². The van der Waals surface area contributed by atoms with Crippen LogP contribution in [0.1, 0.15) is 52.0 Å². The van der Waals surface area contributed by atoms with Gasteiger partial charge in [-0.2, -0.15) is 0 Å². The van der Waals surface area contributed by atoms with Gasteiger partial charge in [0.15, 0.2) is 5.13 Å². The average molecular weight is 576 g/mol. The zero-order chi connectivity index (χ0) is 27.1. The molecule has 0 amide bonds. The number of nitrogens with one attached hydrogen (secondary N) is 2. The Balaban J connectivity index is 1.49. The largest absolute Gasteiger partial charge is 0.494 e. The second-order valence-electron chi connectivity index (χ2n) is 11.0. The van der Waals surface area contributed by atoms with Crippen molar-refractivity contribution in [3.63, 3.8) is 0 Å². The molecule has 4 nitrogen and oxygen atoms in total. The molecule has 5 rings (SSSR count). The van der Waals surface area contributed by atoms with E-state index < -0.39 is 0 Å². The van der Waals surface area contributed by atoms with Crippen molar-refractivity contribution in [2.24, 2.45) is 5.41 Å². The average Bonchev–Trinajstić information content (AvgIpc) is 3.35. The molecular weight excluding hydrogens is 539 g/mol. The number of rotatable bonds is 4. The van der Waals surface area contributed by atoms with Gasteiger partial charge in [-0.3, -0.25) is 0 Å². The topological polar surface area (TPSA) is 46.2 Å². The van der Waals surface area contributed by atoms with E-state index in [1.54, 1.807) is 35.2 Å². The zero-order valence-electron chi connectivity index (χ0n) is 23.0. The van der Waals surface area contributed by atoms with Crippen molar-refractivity contribution in [2.45, 2.75) is 57.8 Å². The molecule has 7 heteroatoms. The van der Waals surface area contributed by atoms with Gasteiger partial charge in [-0.1, -0.05) is 92.9 Å². The molecule has 0 radical (unpaired) electrons. The van der Waals surface area contributed by atoms with Crippen molar-refractivity contribution in [1.29, 1.82) is 0 Å². The molecule has 2 N–H and O–H groups in total. The second kappa shape index (κ2) is 13.2. The number of fused-ring (bicyclic) bond motifs is 6. The first-order valence-electron chi connectivity index (χ1n) is 13.7. The SMILES string of the molecule is CC(C)(C)CCOc1cccc(-c2sc3nc2-c2ccccc2CCCCCSNc2cccc(c2)SN3)c1. The number of hydrogen-bond acceptors (Lipinski definition) is 7. The van der Waals surface area contributed by atoms with E-state index in [2.05, 4.69) is 103 Å². The molecule has 204 valence electrons. The number of benzene rings is 3. The van der Waals surface area contributed by atoms with Crippen LogP contribution in [0, 0.1) is 5.41 Å². The molecule has 1 aromatic heterocycles. The van der Waals surface area contributed by atoms with E-state index in [1.165, 1.54) is 35.3 Å². The molecule has 2 heterocycles. The summed E-state index contributed by atoms with van der Waals surface area (Å²) in [7, 11) is 0. The van der Waals surface area contributed by atoms with E-state index in [4.69, 9.17) is 9.72 Å². The van der Waals surface area contributed by atoms with Crippen LogP contribution in [0.4, 0.5) is 10.8 Å². The summed E-state index contributed by atoms with van der Waals surface area (Å²) in [5, 5.41) is 0.899. The van der Waals surface area contributed by atoms with E-state index in [0.717, 1.165) is 51.3 Å². The fraction of sp³-hybridized carbons (Fsp3) is 0.344. The molecule has 4 aromatic rings. The minimum atomic E-state index is 0.247. The molecule has 39 heavy (non-hydrogen) atoms. The Hall–Kier alpha value is -2.61. The Kier molecular flexibility index (Phi) is 9.43. The maximum Gasteiger partial charge on any atom is 0.194 e. The number of ether oxygens (including phenoxy) is 1. The minimum absolute atomic E-state index is 0.247. The highest BCUT2D eigenvalue weighted by atomic mass is 32.2. The third-order valence-corrected chi connectivity index (χ3v) is 9.40. The van der Waals surface area contributed by atoms with Gasteiger partial charge < -0.3 is 14.2 Å². The number of aromatic nitrogens is 1. The standard InChI is InChI=1S/C32H37N3OS3/c1-32(2,3)18-19-36-26-15-9-13-24(21-26)30-29-28-17-7-6-12-23(28)11-5-4-8-20-37-34-25-14-10-16-27(22-25)39-35-31(33-29)38-30/h6-7,9-10,12-17,21-22,34H,4-5,8,11,18-20H2,1-3H3,(H,33,35). The third-order valence-electron chi connectivity index (χ3n) is 6.59. The van der Waals surface area contributed by atoms with Crippen LogP contribution < -0.4 is 14.2 Å². The van der Waals surface area contributed by atoms with E-state index in [-0.39, 0.29) is 5.41 Å². The molecule has 0 fully saturated rings. The van der Waals surface area contributed by atoms with Gasteiger partial charge in [0, 0.05) is 21.9 Å². The number of thiazole rings is 1. The van der Waals surface area contributed by atoms with Crippen molar-refractivity contribution in [3.8, 4) is 27.4 Å². The highest BCUT2D eigenvalue weighted by molar-refractivity contribution is 8.01. The molecule has 0 saturated carbocycles. The highest BCUT2D eigenvalue weighted by Gasteiger charge is 2.19. The van der Waals surface area contributed by atoms with Gasteiger partial charge in [-0.05, 0) is 84.5 Å². The number of nitrogens with zero attached hydrogens (tertiary/aromatic N) is 1. The van der Waals surface area contributed by atoms with Crippen molar-refractivity contribution in [2.75, 3.05) is 21.8 Å². The summed E-state index contributed by atoms with van der Waals surface area (Å²) in [6, 6.07) is 25.8. The van der Waals surface area contributed by atoms with Crippen molar-refractivity contribution in [1.82, 2.24) is 4.98 Å². The summed E-state index contributed by atoms with van der Waals surface area (Å²) < 4.78 is 13.2. The summed E-state index contributed by atoms with van der Waals surface area (Å²) in [4.78, 5) is 7.48. The number of anilines is 2. The lowest BCUT2D eigenvalue weighted by Crippen LogP contribution is -2.11. The Morgan fingerprint density at radius 2 is 1.77 bits per heavy atom. The zero-order valence-corrected chi connectivity index (χ0v) is 25.4. The van der Waals surface area contributed by atoms with E-state index in [1.807, 2.05) is 0 Å². The van der Waals surface area contributed by atoms with Crippen LogP contribution in [0.25, 0.3) is 21.7 Å². The normalized spacial score (nSPS) is 14.4. The lowest BCUT2D eigenvalue weighted by atomic mass is 9.93. The van der Waals surface area contributed by atoms with Gasteiger partial charge in [0.1, 0.15) is 5.75 Å². The molecule has 1 aliphatic heterocycles. The van der Waals surface area contributed by atoms with E-state index in [9.17, 15) is 0 Å². The second-order valence-corrected chi connectivity index (χ2v) is 13.8. The molecular formula is C32H37N3OS3. The van der Waals surface area contributed by atoms with Crippen LogP contribution in [-0.2, 0) is 6.42 Å². The molecule has 0 spiro atoms. The summed E-state index contributed by atoms with van der Waals surface area (Å²) in [6.45, 7) is 7.45. The van der Waals surface area contributed by atoms with Crippen LogP contribution in [0.15, 0.2) is 77.7 Å². The first-order valence-corrected chi connectivity index (χ1v) is 16.3. The summed E-state index contributed by atoms with van der Waals surface area (Å²) >= 11 is 5.10. The van der Waals surface area contributed by atoms with Gasteiger partial charge in [-0.25, -0.2) is 4.98 Å². The van der Waals surface area contributed by atoms with Crippen molar-refractivity contribution >= 4 is 46.1 Å². The highest BCUT2D eigenvalue weighted by Crippen LogP contribution is 2.42. The summed E-state index contributed by atoms with van der Waals surface area (Å²) in [5.41, 5.74) is 6.15. The lowest BCUT2D eigenvalue weighted by Gasteiger charge is -2.18. The molecule has 1 aliphatic rings. The smallest absolute Gasteiger partial charge is 0.194 e. The summed E-state index contributed by atoms with van der Waals surface area (Å²) in [5.74, 6) is 2.01. The molecule has 0 saturated heterocycles. The van der Waals surface area contributed by atoms with Crippen molar-refractivity contribution in [3.05, 3.63) is 78.4 Å². The predicted octanol–water partition coefficient (Wildman–Crippen LogP) is 10.2. The molecule has 3 aromatic carbocycles. The summed E-state index contributed by atoms with van der Waals surface area (Å²) in [6.07, 6.45) is 5.65. The van der Waals surface area contributed by atoms with Crippen LogP contribution in [0.2, 0.25) is 0 Å². The number of aryl methyl sites for hydroxylation is 1.